The second kappa shape index (κ2) is 4.74. The lowest BCUT2D eigenvalue weighted by Gasteiger charge is -2.44. The highest BCUT2D eigenvalue weighted by molar-refractivity contribution is 5.77. The highest BCUT2D eigenvalue weighted by Crippen LogP contribution is 2.73. The Labute approximate surface area is 140 Å². The zero-order valence-corrected chi connectivity index (χ0v) is 15.5. The number of hydrogen-bond donors (Lipinski definition) is 0. The Bertz CT molecular complexity index is 519. The summed E-state index contributed by atoms with van der Waals surface area (Å²) in [4.78, 5) is 12.0. The lowest BCUT2D eigenvalue weighted by Crippen LogP contribution is -2.42. The van der Waals surface area contributed by atoms with Gasteiger partial charge in [0.2, 0.25) is 0 Å². The minimum atomic E-state index is 0.0556. The number of fused-ring (bicyclic) bond motifs is 1. The van der Waals surface area contributed by atoms with Gasteiger partial charge in [0, 0.05) is 5.92 Å². The first-order chi connectivity index (χ1) is 10.6. The number of carbonyl (C=O) groups excluding carboxylic acids is 1. The van der Waals surface area contributed by atoms with Crippen LogP contribution in [0.5, 0.6) is 0 Å². The first-order valence-corrected chi connectivity index (χ1v) is 9.46. The lowest BCUT2D eigenvalue weighted by atomic mass is 9.64. The Morgan fingerprint density at radius 1 is 1.17 bits per heavy atom. The van der Waals surface area contributed by atoms with Gasteiger partial charge in [-0.2, -0.15) is 0 Å². The van der Waals surface area contributed by atoms with Gasteiger partial charge in [0.15, 0.2) is 0 Å². The van der Waals surface area contributed by atoms with E-state index in [1.807, 2.05) is 0 Å². The van der Waals surface area contributed by atoms with Crippen LogP contribution in [0, 0.1) is 46.3 Å². The van der Waals surface area contributed by atoms with Crippen molar-refractivity contribution >= 4 is 5.97 Å². The Hall–Kier alpha value is -0.570. The normalized spacial score (nSPS) is 46.0. The fraction of sp³-hybridized carbons (Fsp3) is 0.950. The monoisotopic (exact) mass is 320 g/mol. The molecule has 1 saturated heterocycles. The molecule has 0 aromatic carbocycles. The van der Waals surface area contributed by atoms with E-state index in [0.29, 0.717) is 17.8 Å². The van der Waals surface area contributed by atoms with Crippen molar-refractivity contribution < 1.29 is 14.3 Å². The predicted octanol–water partition coefficient (Wildman–Crippen LogP) is 3.91. The van der Waals surface area contributed by atoms with Crippen molar-refractivity contribution in [2.75, 3.05) is 6.61 Å². The van der Waals surface area contributed by atoms with Crippen LogP contribution < -0.4 is 0 Å². The van der Waals surface area contributed by atoms with Crippen molar-refractivity contribution in [2.45, 2.75) is 66.6 Å². The third-order valence-electron chi connectivity index (χ3n) is 7.63. The summed E-state index contributed by atoms with van der Waals surface area (Å²) in [6.07, 6.45) is 2.46. The molecule has 0 aromatic heterocycles. The smallest absolute Gasteiger partial charge is 0.309 e. The fourth-order valence-corrected chi connectivity index (χ4v) is 5.94. The molecule has 0 bridgehead atoms. The molecule has 1 aliphatic heterocycles. The molecule has 23 heavy (non-hydrogen) atoms. The maximum atomic E-state index is 12.0. The summed E-state index contributed by atoms with van der Waals surface area (Å²) in [6.45, 7) is 14.7. The van der Waals surface area contributed by atoms with E-state index in [-0.39, 0.29) is 34.9 Å². The number of rotatable bonds is 5. The third kappa shape index (κ3) is 2.14. The van der Waals surface area contributed by atoms with Crippen LogP contribution in [0.25, 0.3) is 0 Å². The molecule has 4 rings (SSSR count). The molecular weight excluding hydrogens is 288 g/mol. The SMILES string of the molecule is CC(C)CC(C)(COC1C2OC(=O)C3CC4C1C4C32)C(C)(C)C. The maximum Gasteiger partial charge on any atom is 0.309 e. The summed E-state index contributed by atoms with van der Waals surface area (Å²) in [5, 5.41) is 0. The molecule has 8 atom stereocenters. The van der Waals surface area contributed by atoms with Crippen LogP contribution >= 0.6 is 0 Å². The van der Waals surface area contributed by atoms with Crippen molar-refractivity contribution in [2.24, 2.45) is 46.3 Å². The van der Waals surface area contributed by atoms with E-state index in [4.69, 9.17) is 9.47 Å². The van der Waals surface area contributed by atoms with E-state index >= 15 is 0 Å². The maximum absolute atomic E-state index is 12.0. The molecule has 3 saturated carbocycles. The number of ether oxygens (including phenoxy) is 2. The summed E-state index contributed by atoms with van der Waals surface area (Å²) in [5.74, 6) is 3.55. The van der Waals surface area contributed by atoms with Crippen LogP contribution in [0.3, 0.4) is 0 Å². The Kier molecular flexibility index (Phi) is 3.28. The molecule has 8 unspecified atom stereocenters. The summed E-state index contributed by atoms with van der Waals surface area (Å²) in [5.41, 5.74) is 0.349. The van der Waals surface area contributed by atoms with Crippen LogP contribution in [0.2, 0.25) is 0 Å². The third-order valence-corrected chi connectivity index (χ3v) is 7.63. The van der Waals surface area contributed by atoms with Crippen molar-refractivity contribution in [3.63, 3.8) is 0 Å². The highest BCUT2D eigenvalue weighted by Gasteiger charge is 2.78. The fourth-order valence-electron chi connectivity index (χ4n) is 5.94. The van der Waals surface area contributed by atoms with Crippen LogP contribution in [0.4, 0.5) is 0 Å². The van der Waals surface area contributed by atoms with Crippen LogP contribution in [-0.2, 0) is 14.3 Å². The van der Waals surface area contributed by atoms with E-state index in [9.17, 15) is 4.79 Å². The van der Waals surface area contributed by atoms with Gasteiger partial charge in [0.25, 0.3) is 0 Å². The van der Waals surface area contributed by atoms with Crippen molar-refractivity contribution in [1.29, 1.82) is 0 Å². The topological polar surface area (TPSA) is 35.5 Å². The number of hydrogen-bond acceptors (Lipinski definition) is 3. The van der Waals surface area contributed by atoms with Crippen molar-refractivity contribution in [1.82, 2.24) is 0 Å². The first-order valence-electron chi connectivity index (χ1n) is 9.46. The molecule has 4 fully saturated rings. The highest BCUT2D eigenvalue weighted by atomic mass is 16.6. The van der Waals surface area contributed by atoms with Gasteiger partial charge in [-0.1, -0.05) is 41.5 Å². The van der Waals surface area contributed by atoms with Gasteiger partial charge in [-0.05, 0) is 47.3 Å². The lowest BCUT2D eigenvalue weighted by molar-refractivity contribution is -0.155. The summed E-state index contributed by atoms with van der Waals surface area (Å²) >= 11 is 0. The summed E-state index contributed by atoms with van der Waals surface area (Å²) in [6, 6.07) is 0. The van der Waals surface area contributed by atoms with Crippen molar-refractivity contribution in [3.05, 3.63) is 0 Å². The molecule has 0 N–H and O–H groups in total. The Morgan fingerprint density at radius 3 is 2.48 bits per heavy atom. The minimum Gasteiger partial charge on any atom is -0.459 e. The van der Waals surface area contributed by atoms with E-state index in [0.717, 1.165) is 31.3 Å². The van der Waals surface area contributed by atoms with Crippen LogP contribution in [0.15, 0.2) is 0 Å². The van der Waals surface area contributed by atoms with Crippen molar-refractivity contribution in [3.8, 4) is 0 Å². The Morgan fingerprint density at radius 2 is 1.87 bits per heavy atom. The van der Waals surface area contributed by atoms with Gasteiger partial charge in [-0.15, -0.1) is 0 Å². The average molecular weight is 320 g/mol. The standard InChI is InChI=1S/C20H32O3/c1-10(2)8-20(6,19(3,4)5)9-22-16-14-11-7-12-15(13(11)14)17(16)23-18(12)21/h10-17H,7-9H2,1-6H3. The zero-order chi connectivity index (χ0) is 16.7. The molecule has 3 nitrogen and oxygen atoms in total. The molecular formula is C20H32O3. The predicted molar refractivity (Wildman–Crippen MR) is 88.7 cm³/mol. The Balaban J connectivity index is 1.48. The molecule has 130 valence electrons. The second-order valence-corrected chi connectivity index (χ2v) is 10.3. The van der Waals surface area contributed by atoms with E-state index in [2.05, 4.69) is 41.5 Å². The molecule has 4 aliphatic rings. The van der Waals surface area contributed by atoms with Gasteiger partial charge in [0.05, 0.1) is 18.6 Å². The summed E-state index contributed by atoms with van der Waals surface area (Å²) in [7, 11) is 0. The average Bonchev–Trinajstić information content (AvgIpc) is 2.72. The molecule has 3 heteroatoms. The zero-order valence-electron chi connectivity index (χ0n) is 15.5. The van der Waals surface area contributed by atoms with Gasteiger partial charge in [-0.25, -0.2) is 0 Å². The molecule has 3 aliphatic carbocycles. The van der Waals surface area contributed by atoms with E-state index in [1.165, 1.54) is 0 Å². The van der Waals surface area contributed by atoms with E-state index in [1.54, 1.807) is 0 Å². The number of carbonyl (C=O) groups is 1. The largest absolute Gasteiger partial charge is 0.459 e. The molecule has 1 heterocycles. The minimum absolute atomic E-state index is 0.0556. The van der Waals surface area contributed by atoms with Crippen LogP contribution in [0.1, 0.15) is 54.4 Å². The quantitative estimate of drug-likeness (QED) is 0.721. The second-order valence-electron chi connectivity index (χ2n) is 10.3. The van der Waals surface area contributed by atoms with Gasteiger partial charge >= 0.3 is 5.97 Å². The van der Waals surface area contributed by atoms with Gasteiger partial charge in [-0.3, -0.25) is 4.79 Å². The molecule has 0 aromatic rings. The van der Waals surface area contributed by atoms with Gasteiger partial charge < -0.3 is 9.47 Å². The summed E-state index contributed by atoms with van der Waals surface area (Å²) < 4.78 is 12.2. The van der Waals surface area contributed by atoms with Gasteiger partial charge in [0.1, 0.15) is 6.10 Å². The number of esters is 1. The first kappa shape index (κ1) is 15.9. The van der Waals surface area contributed by atoms with Crippen LogP contribution in [-0.4, -0.2) is 24.8 Å². The molecule has 0 spiro atoms. The molecule has 0 amide bonds. The molecule has 0 radical (unpaired) electrons. The van der Waals surface area contributed by atoms with E-state index < -0.39 is 0 Å².